The van der Waals surface area contributed by atoms with Crippen LogP contribution >= 0.6 is 0 Å². The number of hydrogen-bond acceptors (Lipinski definition) is 4. The fourth-order valence-corrected chi connectivity index (χ4v) is 4.20. The van der Waals surface area contributed by atoms with E-state index in [-0.39, 0.29) is 30.6 Å². The van der Waals surface area contributed by atoms with Crippen LogP contribution in [0.2, 0.25) is 0 Å². The van der Waals surface area contributed by atoms with E-state index in [1.165, 1.54) is 12.1 Å². The van der Waals surface area contributed by atoms with Crippen molar-refractivity contribution in [3.05, 3.63) is 71.3 Å². The third kappa shape index (κ3) is 7.09. The van der Waals surface area contributed by atoms with Crippen LogP contribution in [0, 0.1) is 0 Å². The Kier molecular flexibility index (Phi) is 8.42. The van der Waals surface area contributed by atoms with Crippen LogP contribution in [0.5, 0.6) is 0 Å². The van der Waals surface area contributed by atoms with Gasteiger partial charge in [0.25, 0.3) is 0 Å². The summed E-state index contributed by atoms with van der Waals surface area (Å²) in [5.41, 5.74) is -0.698. The monoisotopic (exact) mass is 445 g/mol. The number of halogens is 3. The van der Waals surface area contributed by atoms with Crippen LogP contribution < -0.4 is 0 Å². The summed E-state index contributed by atoms with van der Waals surface area (Å²) >= 11 is 0. The molecule has 0 aliphatic carbocycles. The van der Waals surface area contributed by atoms with Crippen molar-refractivity contribution in [2.24, 2.45) is 0 Å². The van der Waals surface area contributed by atoms with E-state index >= 15 is 0 Å². The summed E-state index contributed by atoms with van der Waals surface area (Å²) < 4.78 is 72.0. The van der Waals surface area contributed by atoms with E-state index in [2.05, 4.69) is 0 Å². The summed E-state index contributed by atoms with van der Waals surface area (Å²) in [4.78, 5) is 0. The largest absolute Gasteiger partial charge is 0.416 e. The highest BCUT2D eigenvalue weighted by atomic mass is 32.2. The van der Waals surface area contributed by atoms with E-state index in [0.717, 1.165) is 16.4 Å². The van der Waals surface area contributed by atoms with Gasteiger partial charge in [0.2, 0.25) is 10.0 Å². The average Bonchev–Trinajstić information content (AvgIpc) is 2.67. The number of sulfonamides is 1. The van der Waals surface area contributed by atoms with Gasteiger partial charge in [-0.05, 0) is 31.0 Å². The van der Waals surface area contributed by atoms with E-state index in [9.17, 15) is 26.7 Å². The molecule has 0 aliphatic rings. The van der Waals surface area contributed by atoms with Crippen LogP contribution in [0.15, 0.2) is 54.6 Å². The molecule has 0 heterocycles. The van der Waals surface area contributed by atoms with Gasteiger partial charge in [0.05, 0.1) is 30.1 Å². The molecule has 0 aliphatic heterocycles. The van der Waals surface area contributed by atoms with Crippen LogP contribution in [0.25, 0.3) is 0 Å². The van der Waals surface area contributed by atoms with Crippen molar-refractivity contribution in [1.82, 2.24) is 4.31 Å². The van der Waals surface area contributed by atoms with Gasteiger partial charge in [-0.15, -0.1) is 0 Å². The van der Waals surface area contributed by atoms with Crippen LogP contribution in [0.4, 0.5) is 13.2 Å². The van der Waals surface area contributed by atoms with Crippen LogP contribution in [-0.2, 0) is 27.5 Å². The van der Waals surface area contributed by atoms with Crippen molar-refractivity contribution in [2.45, 2.75) is 38.8 Å². The summed E-state index contributed by atoms with van der Waals surface area (Å²) in [6.07, 6.45) is -6.47. The van der Waals surface area contributed by atoms with E-state index in [4.69, 9.17) is 4.74 Å². The van der Waals surface area contributed by atoms with Gasteiger partial charge in [0, 0.05) is 13.1 Å². The second-order valence-corrected chi connectivity index (χ2v) is 9.20. The van der Waals surface area contributed by atoms with Gasteiger partial charge in [0.15, 0.2) is 0 Å². The maximum absolute atomic E-state index is 13.3. The Morgan fingerprint density at radius 1 is 1.03 bits per heavy atom. The highest BCUT2D eigenvalue weighted by Crippen LogP contribution is 2.35. The zero-order chi connectivity index (χ0) is 22.4. The molecule has 2 rings (SSSR count). The third-order valence-corrected chi connectivity index (χ3v) is 6.14. The number of nitrogens with zero attached hydrogens (tertiary/aromatic N) is 1. The number of rotatable bonds is 10. The quantitative estimate of drug-likeness (QED) is 0.601. The molecule has 0 bridgehead atoms. The van der Waals surface area contributed by atoms with Crippen LogP contribution in [-0.4, -0.2) is 42.8 Å². The summed E-state index contributed by atoms with van der Waals surface area (Å²) in [5.74, 6) is -0.342. The lowest BCUT2D eigenvalue weighted by molar-refractivity contribution is -0.139. The number of benzene rings is 2. The molecular weight excluding hydrogens is 419 g/mol. The molecule has 9 heteroatoms. The SMILES string of the molecule is CC(C)OCCS(=O)(=O)N(Cc1ccccc1)CC(O)c1ccccc1C(F)(F)F. The second kappa shape index (κ2) is 10.4. The normalized spacial score (nSPS) is 13.7. The van der Waals surface area contributed by atoms with E-state index in [1.54, 1.807) is 44.2 Å². The first-order chi connectivity index (χ1) is 14.0. The first kappa shape index (κ1) is 24.3. The first-order valence-electron chi connectivity index (χ1n) is 9.48. The maximum Gasteiger partial charge on any atom is 0.416 e. The van der Waals surface area contributed by atoms with Crippen molar-refractivity contribution < 1.29 is 31.4 Å². The summed E-state index contributed by atoms with van der Waals surface area (Å²) in [5, 5.41) is 10.6. The molecule has 2 aromatic carbocycles. The minimum atomic E-state index is -4.66. The Hall–Kier alpha value is -1.94. The molecule has 0 amide bonds. The minimum absolute atomic E-state index is 0.0550. The van der Waals surface area contributed by atoms with Crippen molar-refractivity contribution in [1.29, 1.82) is 0 Å². The summed E-state index contributed by atoms with van der Waals surface area (Å²) in [6, 6.07) is 13.3. The smallest absolute Gasteiger partial charge is 0.387 e. The number of alkyl halides is 3. The summed E-state index contributed by atoms with van der Waals surface area (Å²) in [6.45, 7) is 2.90. The molecule has 0 radical (unpaired) electrons. The number of hydrogen-bond donors (Lipinski definition) is 1. The van der Waals surface area contributed by atoms with E-state index < -0.39 is 34.4 Å². The Morgan fingerprint density at radius 3 is 2.23 bits per heavy atom. The van der Waals surface area contributed by atoms with Crippen molar-refractivity contribution >= 4 is 10.0 Å². The van der Waals surface area contributed by atoms with Gasteiger partial charge in [-0.2, -0.15) is 17.5 Å². The lowest BCUT2D eigenvalue weighted by Gasteiger charge is -2.26. The Morgan fingerprint density at radius 2 is 1.63 bits per heavy atom. The van der Waals surface area contributed by atoms with Crippen molar-refractivity contribution in [3.8, 4) is 0 Å². The molecule has 2 aromatic rings. The van der Waals surface area contributed by atoms with Gasteiger partial charge >= 0.3 is 6.18 Å². The number of aliphatic hydroxyl groups is 1. The highest BCUT2D eigenvalue weighted by Gasteiger charge is 2.36. The Balaban J connectivity index is 2.29. The Labute approximate surface area is 175 Å². The molecule has 5 nitrogen and oxygen atoms in total. The minimum Gasteiger partial charge on any atom is -0.387 e. The highest BCUT2D eigenvalue weighted by molar-refractivity contribution is 7.89. The lowest BCUT2D eigenvalue weighted by Crippen LogP contribution is -2.37. The molecule has 0 spiro atoms. The number of aliphatic hydroxyl groups excluding tert-OH is 1. The lowest BCUT2D eigenvalue weighted by atomic mass is 10.0. The van der Waals surface area contributed by atoms with Gasteiger partial charge in [-0.1, -0.05) is 48.5 Å². The summed E-state index contributed by atoms with van der Waals surface area (Å²) in [7, 11) is -3.90. The van der Waals surface area contributed by atoms with E-state index in [0.29, 0.717) is 5.56 Å². The predicted octanol–water partition coefficient (Wildman–Crippen LogP) is 4.00. The first-order valence-corrected chi connectivity index (χ1v) is 11.1. The molecule has 1 unspecified atom stereocenters. The Bertz CT molecular complexity index is 902. The molecule has 30 heavy (non-hydrogen) atoms. The molecule has 166 valence electrons. The predicted molar refractivity (Wildman–Crippen MR) is 108 cm³/mol. The molecule has 0 fully saturated rings. The van der Waals surface area contributed by atoms with Gasteiger partial charge in [-0.25, -0.2) is 8.42 Å². The van der Waals surface area contributed by atoms with Crippen LogP contribution in [0.3, 0.4) is 0 Å². The zero-order valence-corrected chi connectivity index (χ0v) is 17.7. The molecule has 1 atom stereocenters. The fourth-order valence-electron chi connectivity index (χ4n) is 2.92. The zero-order valence-electron chi connectivity index (χ0n) is 16.8. The molecular formula is C21H26F3NO4S. The standard InChI is InChI=1S/C21H26F3NO4S/c1-16(2)29-12-13-30(27,28)25(14-17-8-4-3-5-9-17)15-20(26)18-10-6-7-11-19(18)21(22,23)24/h3-11,16,20,26H,12-15H2,1-2H3. The van der Waals surface area contributed by atoms with Gasteiger partial charge < -0.3 is 9.84 Å². The third-order valence-electron chi connectivity index (χ3n) is 4.39. The van der Waals surface area contributed by atoms with Gasteiger partial charge in [0.1, 0.15) is 0 Å². The van der Waals surface area contributed by atoms with Crippen molar-refractivity contribution in [3.63, 3.8) is 0 Å². The molecule has 0 aromatic heterocycles. The van der Waals surface area contributed by atoms with E-state index in [1.807, 2.05) is 0 Å². The molecule has 1 N–H and O–H groups in total. The van der Waals surface area contributed by atoms with Gasteiger partial charge in [-0.3, -0.25) is 0 Å². The maximum atomic E-state index is 13.3. The second-order valence-electron chi connectivity index (χ2n) is 7.11. The van der Waals surface area contributed by atoms with Crippen molar-refractivity contribution in [2.75, 3.05) is 18.9 Å². The number of ether oxygens (including phenoxy) is 1. The fraction of sp³-hybridized carbons (Fsp3) is 0.429. The average molecular weight is 446 g/mol. The topological polar surface area (TPSA) is 66.8 Å². The molecule has 0 saturated carbocycles. The van der Waals surface area contributed by atoms with Crippen LogP contribution in [0.1, 0.15) is 36.6 Å². The molecule has 0 saturated heterocycles.